The molecule has 13 heavy (non-hydrogen) atoms. The van der Waals surface area contributed by atoms with Crippen LogP contribution in [0.4, 0.5) is 0 Å². The first kappa shape index (κ1) is 10.2. The molecule has 0 saturated heterocycles. The summed E-state index contributed by atoms with van der Waals surface area (Å²) in [5.41, 5.74) is 0. The van der Waals surface area contributed by atoms with Crippen molar-refractivity contribution in [1.82, 2.24) is 14.8 Å². The van der Waals surface area contributed by atoms with Crippen LogP contribution in [0, 0.1) is 11.8 Å². The minimum Gasteiger partial charge on any atom is -0.385 e. The molecule has 0 aliphatic heterocycles. The van der Waals surface area contributed by atoms with Crippen molar-refractivity contribution in [2.45, 2.75) is 26.9 Å². The van der Waals surface area contributed by atoms with Gasteiger partial charge in [-0.25, -0.2) is 4.98 Å². The van der Waals surface area contributed by atoms with Gasteiger partial charge in [0.25, 0.3) is 0 Å². The zero-order valence-electron chi connectivity index (χ0n) is 8.60. The highest BCUT2D eigenvalue weighted by Gasteiger charge is 2.22. The minimum absolute atomic E-state index is 0.197. The lowest BCUT2D eigenvalue weighted by Gasteiger charge is -2.21. The third kappa shape index (κ3) is 2.06. The maximum absolute atomic E-state index is 9.91. The average molecular weight is 183 g/mol. The van der Waals surface area contributed by atoms with Gasteiger partial charge in [-0.2, -0.15) is 5.10 Å². The van der Waals surface area contributed by atoms with Gasteiger partial charge in [0, 0.05) is 7.05 Å². The monoisotopic (exact) mass is 183 g/mol. The van der Waals surface area contributed by atoms with Gasteiger partial charge in [-0.15, -0.1) is 0 Å². The van der Waals surface area contributed by atoms with Crippen molar-refractivity contribution in [2.75, 3.05) is 0 Å². The third-order valence-corrected chi connectivity index (χ3v) is 2.56. The predicted octanol–water partition coefficient (Wildman–Crippen LogP) is 1.14. The van der Waals surface area contributed by atoms with Crippen LogP contribution < -0.4 is 0 Å². The van der Waals surface area contributed by atoms with Crippen molar-refractivity contribution in [3.05, 3.63) is 12.2 Å². The molecular formula is C9H17N3O. The van der Waals surface area contributed by atoms with Gasteiger partial charge >= 0.3 is 0 Å². The Bertz CT molecular complexity index is 270. The molecule has 4 heteroatoms. The minimum atomic E-state index is -0.521. The smallest absolute Gasteiger partial charge is 0.155 e. The third-order valence-electron chi connectivity index (χ3n) is 2.56. The Morgan fingerprint density at radius 2 is 2.00 bits per heavy atom. The van der Waals surface area contributed by atoms with E-state index in [9.17, 15) is 5.11 Å². The Balaban J connectivity index is 2.79. The largest absolute Gasteiger partial charge is 0.385 e. The molecule has 4 nitrogen and oxygen atoms in total. The second kappa shape index (κ2) is 3.87. The van der Waals surface area contributed by atoms with Gasteiger partial charge in [-0.05, 0) is 11.8 Å². The number of aliphatic hydroxyl groups excluding tert-OH is 1. The molecule has 0 radical (unpaired) electrons. The van der Waals surface area contributed by atoms with E-state index in [1.165, 1.54) is 6.33 Å². The van der Waals surface area contributed by atoms with E-state index in [4.69, 9.17) is 0 Å². The number of hydrogen-bond donors (Lipinski definition) is 1. The highest BCUT2D eigenvalue weighted by molar-refractivity contribution is 4.92. The number of rotatable bonds is 3. The Kier molecular flexibility index (Phi) is 3.03. The average Bonchev–Trinajstić information content (AvgIpc) is 2.48. The fourth-order valence-corrected chi connectivity index (χ4v) is 1.17. The molecule has 1 N–H and O–H groups in total. The number of hydrogen-bond acceptors (Lipinski definition) is 3. The molecule has 1 rings (SSSR count). The number of aromatic nitrogens is 3. The Hall–Kier alpha value is -0.900. The van der Waals surface area contributed by atoms with Crippen molar-refractivity contribution < 1.29 is 5.11 Å². The lowest BCUT2D eigenvalue weighted by molar-refractivity contribution is 0.0806. The molecule has 0 amide bonds. The van der Waals surface area contributed by atoms with Crippen LogP contribution in [0.3, 0.4) is 0 Å². The first-order valence-electron chi connectivity index (χ1n) is 4.56. The summed E-state index contributed by atoms with van der Waals surface area (Å²) < 4.78 is 1.61. The summed E-state index contributed by atoms with van der Waals surface area (Å²) in [5, 5.41) is 13.8. The van der Waals surface area contributed by atoms with Gasteiger partial charge in [0.1, 0.15) is 12.4 Å². The predicted molar refractivity (Wildman–Crippen MR) is 50.0 cm³/mol. The van der Waals surface area contributed by atoms with Gasteiger partial charge < -0.3 is 5.11 Å². The fourth-order valence-electron chi connectivity index (χ4n) is 1.17. The molecule has 1 aromatic rings. The fraction of sp³-hybridized carbons (Fsp3) is 0.778. The zero-order chi connectivity index (χ0) is 10.0. The van der Waals surface area contributed by atoms with E-state index in [0.29, 0.717) is 11.7 Å². The molecule has 0 bridgehead atoms. The van der Waals surface area contributed by atoms with Gasteiger partial charge in [-0.1, -0.05) is 20.8 Å². The van der Waals surface area contributed by atoms with Crippen molar-refractivity contribution in [3.8, 4) is 0 Å². The molecule has 74 valence electrons. The summed E-state index contributed by atoms with van der Waals surface area (Å²) in [7, 11) is 1.79. The maximum Gasteiger partial charge on any atom is 0.155 e. The number of aliphatic hydroxyl groups is 1. The molecule has 0 aliphatic rings. The van der Waals surface area contributed by atoms with E-state index in [2.05, 4.69) is 23.9 Å². The van der Waals surface area contributed by atoms with E-state index in [-0.39, 0.29) is 5.92 Å². The maximum atomic E-state index is 9.91. The molecule has 0 saturated carbocycles. The van der Waals surface area contributed by atoms with E-state index >= 15 is 0 Å². The SMILES string of the molecule is CC(C)C(C)C(O)c1ncnn1C. The first-order chi connectivity index (χ1) is 6.04. The summed E-state index contributed by atoms with van der Waals surface area (Å²) in [5.74, 6) is 1.27. The number of aryl methyl sites for hydroxylation is 1. The molecule has 0 aromatic carbocycles. The van der Waals surface area contributed by atoms with Crippen LogP contribution in [0.2, 0.25) is 0 Å². The topological polar surface area (TPSA) is 50.9 Å². The summed E-state index contributed by atoms with van der Waals surface area (Å²) in [6, 6.07) is 0. The van der Waals surface area contributed by atoms with Crippen molar-refractivity contribution in [1.29, 1.82) is 0 Å². The van der Waals surface area contributed by atoms with E-state index < -0.39 is 6.10 Å². The first-order valence-corrected chi connectivity index (χ1v) is 4.56. The van der Waals surface area contributed by atoms with Crippen LogP contribution in [0.5, 0.6) is 0 Å². The molecule has 1 aromatic heterocycles. The standard InChI is InChI=1S/C9H17N3O/c1-6(2)7(3)8(13)9-10-5-11-12(9)4/h5-8,13H,1-4H3. The summed E-state index contributed by atoms with van der Waals surface area (Å²) in [4.78, 5) is 4.02. The van der Waals surface area contributed by atoms with Gasteiger partial charge in [0.05, 0.1) is 0 Å². The lowest BCUT2D eigenvalue weighted by Crippen LogP contribution is -2.18. The Morgan fingerprint density at radius 1 is 1.38 bits per heavy atom. The summed E-state index contributed by atoms with van der Waals surface area (Å²) >= 11 is 0. The van der Waals surface area contributed by atoms with Gasteiger partial charge in [-0.3, -0.25) is 4.68 Å². The second-order valence-corrected chi connectivity index (χ2v) is 3.79. The molecule has 0 aliphatic carbocycles. The van der Waals surface area contributed by atoms with Crippen LogP contribution in [-0.2, 0) is 7.05 Å². The second-order valence-electron chi connectivity index (χ2n) is 3.79. The van der Waals surface area contributed by atoms with Crippen molar-refractivity contribution >= 4 is 0 Å². The molecule has 1 heterocycles. The molecule has 0 spiro atoms. The van der Waals surface area contributed by atoms with E-state index in [0.717, 1.165) is 0 Å². The number of nitrogens with zero attached hydrogens (tertiary/aromatic N) is 3. The molecule has 2 atom stereocenters. The zero-order valence-corrected chi connectivity index (χ0v) is 8.60. The molecule has 2 unspecified atom stereocenters. The van der Waals surface area contributed by atoms with Crippen molar-refractivity contribution in [2.24, 2.45) is 18.9 Å². The highest BCUT2D eigenvalue weighted by atomic mass is 16.3. The summed E-state index contributed by atoms with van der Waals surface area (Å²) in [6.45, 7) is 6.19. The van der Waals surface area contributed by atoms with Gasteiger partial charge in [0.15, 0.2) is 5.82 Å². The van der Waals surface area contributed by atoms with Crippen molar-refractivity contribution in [3.63, 3.8) is 0 Å². The molecule has 0 fully saturated rings. The normalized spacial score (nSPS) is 16.2. The van der Waals surface area contributed by atoms with Crippen LogP contribution in [0.15, 0.2) is 6.33 Å². The summed E-state index contributed by atoms with van der Waals surface area (Å²) in [6.07, 6.45) is 0.943. The Morgan fingerprint density at radius 3 is 2.38 bits per heavy atom. The van der Waals surface area contributed by atoms with Crippen LogP contribution >= 0.6 is 0 Å². The van der Waals surface area contributed by atoms with Crippen LogP contribution in [0.25, 0.3) is 0 Å². The van der Waals surface area contributed by atoms with E-state index in [1.807, 2.05) is 6.92 Å². The van der Waals surface area contributed by atoms with Crippen LogP contribution in [-0.4, -0.2) is 19.9 Å². The Labute approximate surface area is 78.6 Å². The molecular weight excluding hydrogens is 166 g/mol. The highest BCUT2D eigenvalue weighted by Crippen LogP contribution is 2.25. The lowest BCUT2D eigenvalue weighted by atomic mass is 9.92. The van der Waals surface area contributed by atoms with Gasteiger partial charge in [0.2, 0.25) is 0 Å². The van der Waals surface area contributed by atoms with E-state index in [1.54, 1.807) is 11.7 Å². The quantitative estimate of drug-likeness (QED) is 0.764. The van der Waals surface area contributed by atoms with Crippen LogP contribution in [0.1, 0.15) is 32.7 Å².